The van der Waals surface area contributed by atoms with Crippen molar-refractivity contribution in [1.29, 1.82) is 0 Å². The van der Waals surface area contributed by atoms with Crippen LogP contribution in [0.2, 0.25) is 0 Å². The number of hydrogen-bond donors (Lipinski definition) is 1. The van der Waals surface area contributed by atoms with Gasteiger partial charge < -0.3 is 14.5 Å². The van der Waals surface area contributed by atoms with Crippen molar-refractivity contribution in [2.75, 3.05) is 5.32 Å². The van der Waals surface area contributed by atoms with E-state index in [1.165, 1.54) is 6.26 Å². The SMILES string of the molecule is CCCC1(C)C=Cc2cc(NC(=O)c3ccco3)c(C)cc2O1. The Kier molecular flexibility index (Phi) is 3.99. The molecule has 1 N–H and O–H groups in total. The van der Waals surface area contributed by atoms with Crippen molar-refractivity contribution in [2.24, 2.45) is 0 Å². The first-order chi connectivity index (χ1) is 11.0. The summed E-state index contributed by atoms with van der Waals surface area (Å²) in [5.41, 5.74) is 2.43. The third-order valence-corrected chi connectivity index (χ3v) is 4.05. The number of amides is 1. The minimum absolute atomic E-state index is 0.255. The van der Waals surface area contributed by atoms with Crippen LogP contribution < -0.4 is 10.1 Å². The van der Waals surface area contributed by atoms with Gasteiger partial charge in [-0.05, 0) is 56.2 Å². The van der Waals surface area contributed by atoms with E-state index >= 15 is 0 Å². The molecule has 2 aromatic rings. The molecule has 1 aliphatic rings. The third kappa shape index (κ3) is 3.16. The van der Waals surface area contributed by atoms with Crippen LogP contribution in [0.3, 0.4) is 0 Å². The van der Waals surface area contributed by atoms with Crippen molar-refractivity contribution in [1.82, 2.24) is 0 Å². The molecule has 2 heterocycles. The predicted octanol–water partition coefficient (Wildman–Crippen LogP) is 4.80. The number of ether oxygens (including phenoxy) is 1. The smallest absolute Gasteiger partial charge is 0.291 e. The zero-order valence-electron chi connectivity index (χ0n) is 13.7. The van der Waals surface area contributed by atoms with E-state index in [0.717, 1.165) is 35.4 Å². The lowest BCUT2D eigenvalue weighted by molar-refractivity contribution is 0.0996. The van der Waals surface area contributed by atoms with Crippen molar-refractivity contribution >= 4 is 17.7 Å². The monoisotopic (exact) mass is 311 g/mol. The normalized spacial score (nSPS) is 19.1. The van der Waals surface area contributed by atoms with E-state index in [4.69, 9.17) is 9.15 Å². The van der Waals surface area contributed by atoms with Crippen LogP contribution in [0.25, 0.3) is 6.08 Å². The average molecular weight is 311 g/mol. The highest BCUT2D eigenvalue weighted by atomic mass is 16.5. The number of nitrogens with one attached hydrogen (secondary N) is 1. The van der Waals surface area contributed by atoms with Gasteiger partial charge in [-0.2, -0.15) is 0 Å². The maximum absolute atomic E-state index is 12.1. The second-order valence-corrected chi connectivity index (χ2v) is 6.13. The molecule has 0 fully saturated rings. The van der Waals surface area contributed by atoms with Gasteiger partial charge in [0.2, 0.25) is 0 Å². The molecule has 0 spiro atoms. The number of rotatable bonds is 4. The van der Waals surface area contributed by atoms with Gasteiger partial charge >= 0.3 is 0 Å². The molecule has 0 saturated carbocycles. The Balaban J connectivity index is 1.85. The Morgan fingerprint density at radius 2 is 2.17 bits per heavy atom. The average Bonchev–Trinajstić information content (AvgIpc) is 3.03. The minimum atomic E-state index is -0.257. The number of benzene rings is 1. The summed E-state index contributed by atoms with van der Waals surface area (Å²) >= 11 is 0. The van der Waals surface area contributed by atoms with E-state index in [2.05, 4.69) is 31.3 Å². The number of fused-ring (bicyclic) bond motifs is 1. The molecular weight excluding hydrogens is 290 g/mol. The Labute approximate surface area is 136 Å². The van der Waals surface area contributed by atoms with E-state index in [9.17, 15) is 4.79 Å². The Morgan fingerprint density at radius 1 is 1.35 bits per heavy atom. The molecule has 0 bridgehead atoms. The van der Waals surface area contributed by atoms with Crippen molar-refractivity contribution in [2.45, 2.75) is 39.2 Å². The van der Waals surface area contributed by atoms with Crippen molar-refractivity contribution in [3.05, 3.63) is 53.5 Å². The molecular formula is C19H21NO3. The summed E-state index contributed by atoms with van der Waals surface area (Å²) in [6.45, 7) is 6.20. The quantitative estimate of drug-likeness (QED) is 0.882. The van der Waals surface area contributed by atoms with Crippen LogP contribution in [0.4, 0.5) is 5.69 Å². The summed E-state index contributed by atoms with van der Waals surface area (Å²) in [6, 6.07) is 7.25. The van der Waals surface area contributed by atoms with E-state index < -0.39 is 0 Å². The van der Waals surface area contributed by atoms with Crippen LogP contribution in [0, 0.1) is 6.92 Å². The highest BCUT2D eigenvalue weighted by Crippen LogP contribution is 2.36. The van der Waals surface area contributed by atoms with Crippen molar-refractivity contribution < 1.29 is 13.9 Å². The maximum atomic E-state index is 12.1. The second-order valence-electron chi connectivity index (χ2n) is 6.13. The highest BCUT2D eigenvalue weighted by molar-refractivity contribution is 6.02. The molecule has 0 aliphatic carbocycles. The van der Waals surface area contributed by atoms with Crippen LogP contribution in [-0.2, 0) is 0 Å². The molecule has 1 amide bonds. The van der Waals surface area contributed by atoms with Crippen LogP contribution >= 0.6 is 0 Å². The first-order valence-electron chi connectivity index (χ1n) is 7.88. The molecule has 1 aromatic heterocycles. The van der Waals surface area contributed by atoms with Crippen LogP contribution in [0.1, 0.15) is 48.4 Å². The van der Waals surface area contributed by atoms with Gasteiger partial charge in [0.1, 0.15) is 11.4 Å². The number of hydrogen-bond acceptors (Lipinski definition) is 3. The number of aryl methyl sites for hydroxylation is 1. The van der Waals surface area contributed by atoms with Gasteiger partial charge in [-0.3, -0.25) is 4.79 Å². The highest BCUT2D eigenvalue weighted by Gasteiger charge is 2.27. The first kappa shape index (κ1) is 15.4. The molecule has 1 atom stereocenters. The van der Waals surface area contributed by atoms with Gasteiger partial charge in [0.25, 0.3) is 5.91 Å². The van der Waals surface area contributed by atoms with E-state index in [1.54, 1.807) is 12.1 Å². The van der Waals surface area contributed by atoms with Gasteiger partial charge in [-0.25, -0.2) is 0 Å². The molecule has 120 valence electrons. The van der Waals surface area contributed by atoms with E-state index in [-0.39, 0.29) is 11.5 Å². The molecule has 3 rings (SSSR count). The van der Waals surface area contributed by atoms with Crippen molar-refractivity contribution in [3.8, 4) is 5.75 Å². The lowest BCUT2D eigenvalue weighted by Crippen LogP contribution is -2.31. The molecule has 4 nitrogen and oxygen atoms in total. The number of carbonyl (C=O) groups excluding carboxylic acids is 1. The standard InChI is InChI=1S/C19H21NO3/c1-4-8-19(3)9-7-14-12-15(13(2)11-17(14)23-19)20-18(21)16-6-5-10-22-16/h5-7,9-12H,4,8H2,1-3H3,(H,20,21). The predicted molar refractivity (Wildman–Crippen MR) is 90.8 cm³/mol. The van der Waals surface area contributed by atoms with Crippen LogP contribution in [0.5, 0.6) is 5.75 Å². The summed E-state index contributed by atoms with van der Waals surface area (Å²) in [5, 5.41) is 2.89. The van der Waals surface area contributed by atoms with E-state index in [0.29, 0.717) is 5.76 Å². The number of furan rings is 1. The second kappa shape index (κ2) is 5.95. The van der Waals surface area contributed by atoms with Crippen molar-refractivity contribution in [3.63, 3.8) is 0 Å². The van der Waals surface area contributed by atoms with Gasteiger partial charge in [-0.15, -0.1) is 0 Å². The molecule has 4 heteroatoms. The number of anilines is 1. The lowest BCUT2D eigenvalue weighted by Gasteiger charge is -2.32. The summed E-state index contributed by atoms with van der Waals surface area (Å²) in [5.74, 6) is 0.899. The van der Waals surface area contributed by atoms with Gasteiger partial charge in [0, 0.05) is 11.3 Å². The van der Waals surface area contributed by atoms with Gasteiger partial charge in [-0.1, -0.05) is 19.4 Å². The zero-order valence-corrected chi connectivity index (χ0v) is 13.7. The fourth-order valence-corrected chi connectivity index (χ4v) is 2.83. The fraction of sp³-hybridized carbons (Fsp3) is 0.316. The molecule has 1 unspecified atom stereocenters. The third-order valence-electron chi connectivity index (χ3n) is 4.05. The summed E-state index contributed by atoms with van der Waals surface area (Å²) in [7, 11) is 0. The Hall–Kier alpha value is -2.49. The maximum Gasteiger partial charge on any atom is 0.291 e. The van der Waals surface area contributed by atoms with E-state index in [1.807, 2.05) is 19.1 Å². The Bertz CT molecular complexity index is 746. The van der Waals surface area contributed by atoms with Crippen LogP contribution in [0.15, 0.2) is 41.0 Å². The topological polar surface area (TPSA) is 51.5 Å². The summed E-state index contributed by atoms with van der Waals surface area (Å²) < 4.78 is 11.3. The number of carbonyl (C=O) groups is 1. The van der Waals surface area contributed by atoms with Crippen LogP contribution in [-0.4, -0.2) is 11.5 Å². The van der Waals surface area contributed by atoms with Gasteiger partial charge in [0.05, 0.1) is 6.26 Å². The molecule has 0 radical (unpaired) electrons. The molecule has 1 aliphatic heterocycles. The fourth-order valence-electron chi connectivity index (χ4n) is 2.83. The minimum Gasteiger partial charge on any atom is -0.483 e. The Morgan fingerprint density at radius 3 is 2.87 bits per heavy atom. The zero-order chi connectivity index (χ0) is 16.4. The summed E-state index contributed by atoms with van der Waals surface area (Å²) in [4.78, 5) is 12.1. The lowest BCUT2D eigenvalue weighted by atomic mass is 9.95. The summed E-state index contributed by atoms with van der Waals surface area (Å²) in [6.07, 6.45) is 7.67. The first-order valence-corrected chi connectivity index (χ1v) is 7.88. The molecule has 0 saturated heterocycles. The molecule has 23 heavy (non-hydrogen) atoms. The molecule has 1 aromatic carbocycles. The van der Waals surface area contributed by atoms with Gasteiger partial charge in [0.15, 0.2) is 5.76 Å². The largest absolute Gasteiger partial charge is 0.483 e.